The Balaban J connectivity index is 1.39. The highest BCUT2D eigenvalue weighted by Crippen LogP contribution is 2.22. The maximum Gasteiger partial charge on any atom is 0.228 e. The van der Waals surface area contributed by atoms with Crippen molar-refractivity contribution in [1.29, 1.82) is 0 Å². The van der Waals surface area contributed by atoms with Crippen LogP contribution in [0.5, 0.6) is 0 Å². The molecular weight excluding hydrogens is 356 g/mol. The molecule has 1 aliphatic rings. The van der Waals surface area contributed by atoms with Gasteiger partial charge in [0.15, 0.2) is 0 Å². The molecule has 4 rings (SSSR count). The van der Waals surface area contributed by atoms with Crippen LogP contribution in [0, 0.1) is 6.92 Å². The van der Waals surface area contributed by atoms with E-state index in [-0.39, 0.29) is 18.2 Å². The van der Waals surface area contributed by atoms with E-state index < -0.39 is 0 Å². The first-order valence-corrected chi connectivity index (χ1v) is 9.13. The molecule has 142 valence electrons. The molecule has 1 fully saturated rings. The van der Waals surface area contributed by atoms with E-state index in [4.69, 9.17) is 0 Å². The van der Waals surface area contributed by atoms with Gasteiger partial charge in [0.05, 0.1) is 12.1 Å². The monoisotopic (exact) mass is 376 g/mol. The maximum absolute atomic E-state index is 12.4. The summed E-state index contributed by atoms with van der Waals surface area (Å²) in [5.74, 6) is 0.0607. The lowest BCUT2D eigenvalue weighted by atomic mass is 10.1. The molecule has 1 saturated heterocycles. The maximum atomic E-state index is 12.4. The van der Waals surface area contributed by atoms with Crippen LogP contribution < -0.4 is 10.2 Å². The van der Waals surface area contributed by atoms with E-state index >= 15 is 0 Å². The summed E-state index contributed by atoms with van der Waals surface area (Å²) in [6.45, 7) is 2.70. The Labute approximate surface area is 162 Å². The minimum absolute atomic E-state index is 0.0976. The van der Waals surface area contributed by atoms with E-state index in [0.29, 0.717) is 6.42 Å². The van der Waals surface area contributed by atoms with Gasteiger partial charge in [-0.2, -0.15) is 0 Å². The second kappa shape index (κ2) is 7.59. The number of carbonyl (C=O) groups excluding carboxylic acids is 2. The summed E-state index contributed by atoms with van der Waals surface area (Å²) in [6, 6.07) is 13.2. The Kier molecular flexibility index (Phi) is 4.84. The fourth-order valence-corrected chi connectivity index (χ4v) is 3.37. The van der Waals surface area contributed by atoms with E-state index in [1.165, 1.54) is 6.33 Å². The number of aromatic nitrogens is 4. The van der Waals surface area contributed by atoms with Crippen molar-refractivity contribution < 1.29 is 9.59 Å². The molecular formula is C20H20N6O2. The third kappa shape index (κ3) is 3.75. The predicted molar refractivity (Wildman–Crippen MR) is 104 cm³/mol. The van der Waals surface area contributed by atoms with Gasteiger partial charge in [0.25, 0.3) is 0 Å². The fourth-order valence-electron chi connectivity index (χ4n) is 3.37. The van der Waals surface area contributed by atoms with Crippen molar-refractivity contribution in [2.24, 2.45) is 0 Å². The lowest BCUT2D eigenvalue weighted by Crippen LogP contribution is -2.23. The number of rotatable bonds is 5. The third-order valence-electron chi connectivity index (χ3n) is 4.76. The van der Waals surface area contributed by atoms with Crippen molar-refractivity contribution in [2.45, 2.75) is 26.2 Å². The van der Waals surface area contributed by atoms with E-state index in [9.17, 15) is 9.59 Å². The molecule has 1 N–H and O–H groups in total. The lowest BCUT2D eigenvalue weighted by Gasteiger charge is -2.16. The zero-order valence-electron chi connectivity index (χ0n) is 15.5. The third-order valence-corrected chi connectivity index (χ3v) is 4.76. The molecule has 0 saturated carbocycles. The van der Waals surface area contributed by atoms with Crippen LogP contribution in [0.3, 0.4) is 0 Å². The molecule has 0 atom stereocenters. The van der Waals surface area contributed by atoms with Gasteiger partial charge in [-0.15, -0.1) is 5.10 Å². The highest BCUT2D eigenvalue weighted by atomic mass is 16.2. The van der Waals surface area contributed by atoms with Crippen LogP contribution in [0.2, 0.25) is 0 Å². The van der Waals surface area contributed by atoms with E-state index in [0.717, 1.165) is 41.2 Å². The average Bonchev–Trinajstić information content (AvgIpc) is 3.34. The highest BCUT2D eigenvalue weighted by Gasteiger charge is 2.21. The van der Waals surface area contributed by atoms with Gasteiger partial charge in [0.1, 0.15) is 6.33 Å². The van der Waals surface area contributed by atoms with Crippen LogP contribution in [0.4, 0.5) is 11.4 Å². The molecule has 8 heteroatoms. The van der Waals surface area contributed by atoms with Crippen molar-refractivity contribution in [3.63, 3.8) is 0 Å². The summed E-state index contributed by atoms with van der Waals surface area (Å²) in [5.41, 5.74) is 4.31. The van der Waals surface area contributed by atoms with E-state index in [2.05, 4.69) is 20.8 Å². The number of nitrogens with zero attached hydrogens (tertiary/aromatic N) is 5. The molecule has 0 spiro atoms. The standard InChI is InChI=1S/C20H20N6O2/c1-14-11-16(6-9-18(14)26-13-21-23-24-26)22-19(27)12-15-4-7-17(8-5-15)25-10-2-3-20(25)28/h4-9,11,13H,2-3,10,12H2,1H3,(H,22,27). The quantitative estimate of drug-likeness (QED) is 0.737. The molecule has 0 unspecified atom stereocenters. The molecule has 8 nitrogen and oxygen atoms in total. The lowest BCUT2D eigenvalue weighted by molar-refractivity contribution is -0.117. The van der Waals surface area contributed by atoms with Crippen molar-refractivity contribution >= 4 is 23.2 Å². The molecule has 2 aromatic carbocycles. The van der Waals surface area contributed by atoms with Gasteiger partial charge >= 0.3 is 0 Å². The summed E-state index contributed by atoms with van der Waals surface area (Å²) in [6.07, 6.45) is 3.30. The largest absolute Gasteiger partial charge is 0.326 e. The number of aryl methyl sites for hydroxylation is 1. The van der Waals surface area contributed by atoms with Crippen LogP contribution in [0.15, 0.2) is 48.8 Å². The zero-order valence-corrected chi connectivity index (χ0v) is 15.5. The zero-order chi connectivity index (χ0) is 19.5. The van der Waals surface area contributed by atoms with Gasteiger partial charge in [0, 0.05) is 24.3 Å². The molecule has 0 radical (unpaired) electrons. The highest BCUT2D eigenvalue weighted by molar-refractivity contribution is 5.95. The number of benzene rings is 2. The molecule has 0 bridgehead atoms. The van der Waals surface area contributed by atoms with Crippen molar-refractivity contribution in [3.8, 4) is 5.69 Å². The number of carbonyl (C=O) groups is 2. The molecule has 28 heavy (non-hydrogen) atoms. The van der Waals surface area contributed by atoms with Crippen LogP contribution in [-0.2, 0) is 16.0 Å². The van der Waals surface area contributed by atoms with Crippen LogP contribution in [0.25, 0.3) is 5.69 Å². The van der Waals surface area contributed by atoms with Crippen molar-refractivity contribution in [2.75, 3.05) is 16.8 Å². The SMILES string of the molecule is Cc1cc(NC(=O)Cc2ccc(N3CCCC3=O)cc2)ccc1-n1cnnn1. The van der Waals surface area contributed by atoms with Gasteiger partial charge in [-0.1, -0.05) is 12.1 Å². The smallest absolute Gasteiger partial charge is 0.228 e. The number of hydrogen-bond acceptors (Lipinski definition) is 5. The van der Waals surface area contributed by atoms with Gasteiger partial charge in [-0.05, 0) is 65.2 Å². The summed E-state index contributed by atoms with van der Waals surface area (Å²) < 4.78 is 1.58. The first-order chi connectivity index (χ1) is 13.6. The number of anilines is 2. The minimum atomic E-state index is -0.0976. The Morgan fingerprint density at radius 1 is 1.18 bits per heavy atom. The molecule has 3 aromatic rings. The molecule has 0 aliphatic carbocycles. The molecule has 1 aromatic heterocycles. The number of amides is 2. The summed E-state index contributed by atoms with van der Waals surface area (Å²) in [4.78, 5) is 26.0. The summed E-state index contributed by atoms with van der Waals surface area (Å²) >= 11 is 0. The number of hydrogen-bond donors (Lipinski definition) is 1. The van der Waals surface area contributed by atoms with E-state index in [1.807, 2.05) is 49.4 Å². The Bertz CT molecular complexity index is 998. The Hall–Kier alpha value is -3.55. The summed E-state index contributed by atoms with van der Waals surface area (Å²) in [5, 5.41) is 14.1. The summed E-state index contributed by atoms with van der Waals surface area (Å²) in [7, 11) is 0. The van der Waals surface area contributed by atoms with Crippen LogP contribution in [0.1, 0.15) is 24.0 Å². The van der Waals surface area contributed by atoms with E-state index in [1.54, 1.807) is 9.58 Å². The van der Waals surface area contributed by atoms with Gasteiger partial charge < -0.3 is 10.2 Å². The van der Waals surface area contributed by atoms with Crippen LogP contribution >= 0.6 is 0 Å². The fraction of sp³-hybridized carbons (Fsp3) is 0.250. The van der Waals surface area contributed by atoms with Gasteiger partial charge in [-0.25, -0.2) is 4.68 Å². The van der Waals surface area contributed by atoms with Crippen molar-refractivity contribution in [3.05, 3.63) is 59.9 Å². The predicted octanol–water partition coefficient (Wildman–Crippen LogP) is 2.28. The van der Waals surface area contributed by atoms with Crippen LogP contribution in [-0.4, -0.2) is 38.6 Å². The molecule has 1 aliphatic heterocycles. The van der Waals surface area contributed by atoms with Gasteiger partial charge in [0.2, 0.25) is 11.8 Å². The Morgan fingerprint density at radius 2 is 2.00 bits per heavy atom. The normalized spacial score (nSPS) is 13.8. The van der Waals surface area contributed by atoms with Crippen molar-refractivity contribution in [1.82, 2.24) is 20.2 Å². The first-order valence-electron chi connectivity index (χ1n) is 9.13. The first kappa shape index (κ1) is 17.8. The second-order valence-corrected chi connectivity index (χ2v) is 6.80. The average molecular weight is 376 g/mol. The topological polar surface area (TPSA) is 93.0 Å². The minimum Gasteiger partial charge on any atom is -0.326 e. The second-order valence-electron chi connectivity index (χ2n) is 6.80. The van der Waals surface area contributed by atoms with Gasteiger partial charge in [-0.3, -0.25) is 9.59 Å². The number of nitrogens with one attached hydrogen (secondary N) is 1. The Morgan fingerprint density at radius 3 is 2.64 bits per heavy atom. The molecule has 2 amide bonds. The molecule has 2 heterocycles. The number of tetrazole rings is 1.